The van der Waals surface area contributed by atoms with Crippen LogP contribution >= 0.6 is 23.4 Å². The summed E-state index contributed by atoms with van der Waals surface area (Å²) in [5, 5.41) is 9.17. The van der Waals surface area contributed by atoms with Crippen molar-refractivity contribution in [2.45, 2.75) is 13.5 Å². The fourth-order valence-corrected chi connectivity index (χ4v) is 3.99. The lowest BCUT2D eigenvalue weighted by Gasteiger charge is -2.13. The molecule has 0 saturated carbocycles. The molecular weight excluding hydrogens is 412 g/mol. The van der Waals surface area contributed by atoms with Gasteiger partial charge in [0.15, 0.2) is 11.5 Å². The number of imide groups is 1. The number of rotatable bonds is 6. The second kappa shape index (κ2) is 9.03. The van der Waals surface area contributed by atoms with Gasteiger partial charge in [-0.1, -0.05) is 29.8 Å². The van der Waals surface area contributed by atoms with Gasteiger partial charge in [0.05, 0.1) is 41.8 Å². The van der Waals surface area contributed by atoms with Crippen molar-refractivity contribution in [3.8, 4) is 17.6 Å². The summed E-state index contributed by atoms with van der Waals surface area (Å²) >= 11 is 7.10. The summed E-state index contributed by atoms with van der Waals surface area (Å²) in [7, 11) is 1.49. The summed E-state index contributed by atoms with van der Waals surface area (Å²) in [5.74, 6) is 0.445. The van der Waals surface area contributed by atoms with Crippen molar-refractivity contribution in [3.63, 3.8) is 0 Å². The first-order valence-electron chi connectivity index (χ1n) is 8.72. The SMILES string of the molecule is CCOc1cc(/C=C2/SC(=O)N(Cc3ccccc3C#N)C2=O)cc(Cl)c1OC. The third-order valence-corrected chi connectivity index (χ3v) is 5.36. The molecule has 1 aliphatic heterocycles. The van der Waals surface area contributed by atoms with Crippen LogP contribution < -0.4 is 9.47 Å². The van der Waals surface area contributed by atoms with E-state index in [9.17, 15) is 14.9 Å². The number of carbonyl (C=O) groups is 2. The lowest BCUT2D eigenvalue weighted by molar-refractivity contribution is -0.123. The summed E-state index contributed by atoms with van der Waals surface area (Å²) in [6, 6.07) is 12.3. The second-order valence-electron chi connectivity index (χ2n) is 6.00. The molecule has 1 aliphatic rings. The number of nitrogens with zero attached hydrogens (tertiary/aromatic N) is 2. The first kappa shape index (κ1) is 20.8. The highest BCUT2D eigenvalue weighted by Gasteiger charge is 2.35. The summed E-state index contributed by atoms with van der Waals surface area (Å²) in [6.07, 6.45) is 1.59. The Labute approximate surface area is 177 Å². The Morgan fingerprint density at radius 3 is 2.72 bits per heavy atom. The number of amides is 2. The molecule has 0 spiro atoms. The number of ether oxygens (including phenoxy) is 2. The summed E-state index contributed by atoms with van der Waals surface area (Å²) in [5.41, 5.74) is 1.66. The number of methoxy groups -OCH3 is 1. The van der Waals surface area contributed by atoms with Gasteiger partial charge in [-0.2, -0.15) is 5.26 Å². The van der Waals surface area contributed by atoms with E-state index in [1.165, 1.54) is 7.11 Å². The quantitative estimate of drug-likeness (QED) is 0.611. The van der Waals surface area contributed by atoms with Crippen molar-refractivity contribution >= 4 is 40.6 Å². The van der Waals surface area contributed by atoms with Gasteiger partial charge < -0.3 is 9.47 Å². The van der Waals surface area contributed by atoms with E-state index in [2.05, 4.69) is 6.07 Å². The van der Waals surface area contributed by atoms with Crippen LogP contribution in [0.4, 0.5) is 4.79 Å². The van der Waals surface area contributed by atoms with Gasteiger partial charge in [-0.15, -0.1) is 0 Å². The van der Waals surface area contributed by atoms with E-state index in [0.29, 0.717) is 39.8 Å². The van der Waals surface area contributed by atoms with E-state index in [1.807, 2.05) is 6.92 Å². The number of hydrogen-bond acceptors (Lipinski definition) is 6. The third kappa shape index (κ3) is 4.39. The van der Waals surface area contributed by atoms with Gasteiger partial charge in [0, 0.05) is 0 Å². The highest BCUT2D eigenvalue weighted by molar-refractivity contribution is 8.18. The number of carbonyl (C=O) groups excluding carboxylic acids is 2. The van der Waals surface area contributed by atoms with Crippen molar-refractivity contribution in [2.24, 2.45) is 0 Å². The maximum Gasteiger partial charge on any atom is 0.293 e. The highest BCUT2D eigenvalue weighted by Crippen LogP contribution is 2.39. The predicted octanol–water partition coefficient (Wildman–Crippen LogP) is 4.86. The number of benzene rings is 2. The molecule has 0 N–H and O–H groups in total. The van der Waals surface area contributed by atoms with Crippen LogP contribution in [0.15, 0.2) is 41.3 Å². The summed E-state index contributed by atoms with van der Waals surface area (Å²) in [4.78, 5) is 26.6. The zero-order valence-corrected chi connectivity index (χ0v) is 17.3. The Hall–Kier alpha value is -2.95. The Kier molecular flexibility index (Phi) is 6.47. The molecule has 3 rings (SSSR count). The Morgan fingerprint density at radius 2 is 2.03 bits per heavy atom. The van der Waals surface area contributed by atoms with Crippen LogP contribution in [-0.2, 0) is 11.3 Å². The standard InChI is InChI=1S/C21H17ClN2O4S/c1-3-28-17-9-13(8-16(22)19(17)27-2)10-18-20(25)24(21(26)29-18)12-15-7-5-4-6-14(15)11-23/h4-10H,3,12H2,1-2H3/b18-10+. The molecule has 0 bridgehead atoms. The van der Waals surface area contributed by atoms with Crippen LogP contribution in [0.3, 0.4) is 0 Å². The van der Waals surface area contributed by atoms with Crippen LogP contribution in [0, 0.1) is 11.3 Å². The van der Waals surface area contributed by atoms with Crippen LogP contribution in [-0.4, -0.2) is 29.8 Å². The smallest absolute Gasteiger partial charge is 0.293 e. The van der Waals surface area contributed by atoms with E-state index in [4.69, 9.17) is 21.1 Å². The molecule has 2 aromatic rings. The third-order valence-electron chi connectivity index (χ3n) is 4.17. The van der Waals surface area contributed by atoms with E-state index < -0.39 is 11.1 Å². The maximum atomic E-state index is 12.8. The topological polar surface area (TPSA) is 79.6 Å². The van der Waals surface area contributed by atoms with Crippen molar-refractivity contribution in [3.05, 3.63) is 63.0 Å². The monoisotopic (exact) mass is 428 g/mol. The van der Waals surface area contributed by atoms with Gasteiger partial charge in [-0.25, -0.2) is 0 Å². The minimum Gasteiger partial charge on any atom is -0.491 e. The molecule has 1 heterocycles. The Balaban J connectivity index is 1.89. The van der Waals surface area contributed by atoms with Gasteiger partial charge in [0.1, 0.15) is 0 Å². The second-order valence-corrected chi connectivity index (χ2v) is 7.40. The number of nitriles is 1. The van der Waals surface area contributed by atoms with E-state index in [1.54, 1.807) is 42.5 Å². The minimum atomic E-state index is -0.419. The zero-order chi connectivity index (χ0) is 21.0. The van der Waals surface area contributed by atoms with Gasteiger partial charge in [0.25, 0.3) is 11.1 Å². The summed E-state index contributed by atoms with van der Waals surface area (Å²) in [6.45, 7) is 2.30. The molecule has 2 amide bonds. The molecule has 0 aliphatic carbocycles. The van der Waals surface area contributed by atoms with Crippen LogP contribution in [0.1, 0.15) is 23.6 Å². The molecule has 0 radical (unpaired) electrons. The van der Waals surface area contributed by atoms with Crippen molar-refractivity contribution in [2.75, 3.05) is 13.7 Å². The molecule has 2 aromatic carbocycles. The van der Waals surface area contributed by atoms with Crippen molar-refractivity contribution in [1.82, 2.24) is 4.90 Å². The Bertz CT molecular complexity index is 1050. The molecule has 0 aromatic heterocycles. The lowest BCUT2D eigenvalue weighted by atomic mass is 10.1. The fourth-order valence-electron chi connectivity index (χ4n) is 2.86. The first-order valence-corrected chi connectivity index (χ1v) is 9.91. The number of halogens is 1. The first-order chi connectivity index (χ1) is 14.0. The van der Waals surface area contributed by atoms with Crippen molar-refractivity contribution < 1.29 is 19.1 Å². The van der Waals surface area contributed by atoms with Crippen LogP contribution in [0.2, 0.25) is 5.02 Å². The van der Waals surface area contributed by atoms with E-state index in [-0.39, 0.29) is 11.4 Å². The molecule has 6 nitrogen and oxygen atoms in total. The number of hydrogen-bond donors (Lipinski definition) is 0. The van der Waals surface area contributed by atoms with Crippen LogP contribution in [0.25, 0.3) is 6.08 Å². The average Bonchev–Trinajstić information content (AvgIpc) is 2.96. The van der Waals surface area contributed by atoms with E-state index in [0.717, 1.165) is 16.7 Å². The molecule has 0 unspecified atom stereocenters. The largest absolute Gasteiger partial charge is 0.491 e. The molecule has 148 valence electrons. The molecular formula is C21H17ClN2O4S. The summed E-state index contributed by atoms with van der Waals surface area (Å²) < 4.78 is 10.8. The molecule has 8 heteroatoms. The van der Waals surface area contributed by atoms with Crippen LogP contribution in [0.5, 0.6) is 11.5 Å². The maximum absolute atomic E-state index is 12.8. The molecule has 1 saturated heterocycles. The number of thioether (sulfide) groups is 1. The van der Waals surface area contributed by atoms with E-state index >= 15 is 0 Å². The fraction of sp³-hybridized carbons (Fsp3) is 0.190. The van der Waals surface area contributed by atoms with Gasteiger partial charge >= 0.3 is 0 Å². The molecule has 0 atom stereocenters. The van der Waals surface area contributed by atoms with Crippen molar-refractivity contribution in [1.29, 1.82) is 5.26 Å². The normalized spacial score (nSPS) is 15.0. The Morgan fingerprint density at radius 1 is 1.28 bits per heavy atom. The zero-order valence-electron chi connectivity index (χ0n) is 15.8. The highest BCUT2D eigenvalue weighted by atomic mass is 35.5. The van der Waals surface area contributed by atoms with Gasteiger partial charge in [0.2, 0.25) is 0 Å². The van der Waals surface area contributed by atoms with Gasteiger partial charge in [-0.05, 0) is 54.1 Å². The lowest BCUT2D eigenvalue weighted by Crippen LogP contribution is -2.27. The van der Waals surface area contributed by atoms with Gasteiger partial charge in [-0.3, -0.25) is 14.5 Å². The average molecular weight is 429 g/mol. The minimum absolute atomic E-state index is 0.0410. The molecule has 29 heavy (non-hydrogen) atoms. The molecule has 1 fully saturated rings. The predicted molar refractivity (Wildman–Crippen MR) is 112 cm³/mol.